The molecule has 0 bridgehead atoms. The summed E-state index contributed by atoms with van der Waals surface area (Å²) >= 11 is 0. The van der Waals surface area contributed by atoms with Gasteiger partial charge in [-0.1, -0.05) is 5.82 Å². The quantitative estimate of drug-likeness (QED) is 0.425. The Bertz CT molecular complexity index is 131. The normalized spacial score (nSPS) is 39.9. The average molecular weight is 121 g/mol. The number of nitrogens with zero attached hydrogens (tertiary/aromatic N) is 1. The lowest BCUT2D eigenvalue weighted by atomic mass is 9.77. The summed E-state index contributed by atoms with van der Waals surface area (Å²) in [7, 11) is 8.08. The third kappa shape index (κ3) is 0.726. The first-order valence-electron chi connectivity index (χ1n) is 3.67. The molecule has 1 nitrogen and oxygen atoms in total. The maximum atomic E-state index is 5.92. The molecule has 1 heterocycles. The molecule has 2 aliphatic rings. The van der Waals surface area contributed by atoms with E-state index < -0.39 is 0 Å². The van der Waals surface area contributed by atoms with Crippen LogP contribution in [0.4, 0.5) is 0 Å². The van der Waals surface area contributed by atoms with Crippen molar-refractivity contribution in [3.8, 4) is 0 Å². The molecule has 0 aromatic rings. The second kappa shape index (κ2) is 1.54. The van der Waals surface area contributed by atoms with Crippen LogP contribution in [0.3, 0.4) is 0 Å². The molecule has 1 unspecified atom stereocenters. The van der Waals surface area contributed by atoms with Crippen LogP contribution in [0.25, 0.3) is 0 Å². The van der Waals surface area contributed by atoms with Crippen LogP contribution in [-0.4, -0.2) is 32.9 Å². The van der Waals surface area contributed by atoms with Crippen LogP contribution in [0.2, 0.25) is 5.82 Å². The van der Waals surface area contributed by atoms with Crippen LogP contribution in [-0.2, 0) is 0 Å². The summed E-state index contributed by atoms with van der Waals surface area (Å²) in [6, 6.07) is 0. The Morgan fingerprint density at radius 2 is 2.22 bits per heavy atom. The summed E-state index contributed by atoms with van der Waals surface area (Å²) in [5.41, 5.74) is 0.578. The van der Waals surface area contributed by atoms with Gasteiger partial charge in [-0.3, -0.25) is 0 Å². The maximum Gasteiger partial charge on any atom is 0.0725 e. The first-order valence-corrected chi connectivity index (χ1v) is 3.67. The Labute approximate surface area is 57.8 Å². The molecular weight excluding hydrogens is 109 g/mol. The van der Waals surface area contributed by atoms with Gasteiger partial charge < -0.3 is 4.90 Å². The van der Waals surface area contributed by atoms with Gasteiger partial charge in [0.15, 0.2) is 0 Å². The van der Waals surface area contributed by atoms with E-state index in [4.69, 9.17) is 7.85 Å². The standard InChI is InChI=1S/C7H12BN/c1-9-4-6(8)7(5-9)2-3-7/h6H,2-5H2,1H3. The summed E-state index contributed by atoms with van der Waals surface area (Å²) < 4.78 is 0. The fourth-order valence-electron chi connectivity index (χ4n) is 1.94. The summed E-state index contributed by atoms with van der Waals surface area (Å²) in [5, 5.41) is 0. The van der Waals surface area contributed by atoms with Crippen molar-refractivity contribution in [3.63, 3.8) is 0 Å². The van der Waals surface area contributed by atoms with Gasteiger partial charge in [-0.05, 0) is 31.8 Å². The Kier molecular flexibility index (Phi) is 0.991. The van der Waals surface area contributed by atoms with Crippen molar-refractivity contribution in [2.75, 3.05) is 20.1 Å². The lowest BCUT2D eigenvalue weighted by molar-refractivity contribution is 0.389. The highest BCUT2D eigenvalue weighted by molar-refractivity contribution is 6.12. The van der Waals surface area contributed by atoms with Crippen LogP contribution in [0.1, 0.15) is 12.8 Å². The lowest BCUT2D eigenvalue weighted by Crippen LogP contribution is -2.14. The smallest absolute Gasteiger partial charge is 0.0725 e. The molecule has 0 aromatic heterocycles. The van der Waals surface area contributed by atoms with Crippen molar-refractivity contribution in [3.05, 3.63) is 0 Å². The van der Waals surface area contributed by atoms with Crippen molar-refractivity contribution in [2.24, 2.45) is 5.41 Å². The SMILES string of the molecule is [B]C1CN(C)CC12CC2. The van der Waals surface area contributed by atoms with Gasteiger partial charge in [-0.15, -0.1) is 0 Å². The van der Waals surface area contributed by atoms with E-state index in [0.717, 1.165) is 6.54 Å². The molecule has 1 atom stereocenters. The van der Waals surface area contributed by atoms with E-state index >= 15 is 0 Å². The first-order chi connectivity index (χ1) is 4.23. The van der Waals surface area contributed by atoms with Gasteiger partial charge in [-0.2, -0.15) is 0 Å². The summed E-state index contributed by atoms with van der Waals surface area (Å²) in [6.45, 7) is 2.36. The highest BCUT2D eigenvalue weighted by atomic mass is 15.1. The van der Waals surface area contributed by atoms with E-state index in [1.807, 2.05) is 0 Å². The minimum atomic E-state index is 0.475. The molecule has 0 amide bonds. The van der Waals surface area contributed by atoms with Crippen molar-refractivity contribution in [1.29, 1.82) is 0 Å². The molecule has 1 aliphatic carbocycles. The second-order valence-corrected chi connectivity index (χ2v) is 3.67. The predicted octanol–water partition coefficient (Wildman–Crippen LogP) is 0.669. The Morgan fingerprint density at radius 3 is 2.44 bits per heavy atom. The maximum absolute atomic E-state index is 5.92. The number of rotatable bonds is 0. The molecule has 1 aliphatic heterocycles. The molecule has 1 saturated heterocycles. The van der Waals surface area contributed by atoms with Crippen LogP contribution >= 0.6 is 0 Å². The van der Waals surface area contributed by atoms with Gasteiger partial charge in [-0.25, -0.2) is 0 Å². The fraction of sp³-hybridized carbons (Fsp3) is 1.00. The van der Waals surface area contributed by atoms with E-state index in [1.54, 1.807) is 0 Å². The topological polar surface area (TPSA) is 3.24 Å². The Hall–Kier alpha value is 0.0249. The zero-order valence-corrected chi connectivity index (χ0v) is 5.93. The lowest BCUT2D eigenvalue weighted by Gasteiger charge is -2.09. The molecule has 2 fully saturated rings. The van der Waals surface area contributed by atoms with E-state index in [1.165, 1.54) is 19.4 Å². The van der Waals surface area contributed by atoms with E-state index in [0.29, 0.717) is 11.2 Å². The summed E-state index contributed by atoms with van der Waals surface area (Å²) in [5.74, 6) is 0.475. The van der Waals surface area contributed by atoms with E-state index in [2.05, 4.69) is 11.9 Å². The number of hydrogen-bond acceptors (Lipinski definition) is 1. The van der Waals surface area contributed by atoms with Crippen molar-refractivity contribution < 1.29 is 0 Å². The van der Waals surface area contributed by atoms with Gasteiger partial charge in [0, 0.05) is 6.54 Å². The number of likely N-dealkylation sites (tertiary alicyclic amines) is 1. The van der Waals surface area contributed by atoms with E-state index in [9.17, 15) is 0 Å². The van der Waals surface area contributed by atoms with E-state index in [-0.39, 0.29) is 0 Å². The fourth-order valence-corrected chi connectivity index (χ4v) is 1.94. The van der Waals surface area contributed by atoms with Crippen molar-refractivity contribution in [1.82, 2.24) is 4.90 Å². The first kappa shape index (κ1) is 5.78. The summed E-state index contributed by atoms with van der Waals surface area (Å²) in [6.07, 6.45) is 2.75. The van der Waals surface area contributed by atoms with Crippen molar-refractivity contribution in [2.45, 2.75) is 18.7 Å². The molecular formula is C7H12BN. The molecule has 1 saturated carbocycles. The third-order valence-electron chi connectivity index (χ3n) is 2.77. The average Bonchev–Trinajstić information content (AvgIpc) is 2.42. The monoisotopic (exact) mass is 121 g/mol. The van der Waals surface area contributed by atoms with Gasteiger partial charge in [0.25, 0.3) is 0 Å². The minimum Gasteiger partial charge on any atom is -0.306 e. The van der Waals surface area contributed by atoms with Gasteiger partial charge >= 0.3 is 0 Å². The number of hydrogen-bond donors (Lipinski definition) is 0. The van der Waals surface area contributed by atoms with Crippen LogP contribution in [0.15, 0.2) is 0 Å². The molecule has 2 rings (SSSR count). The predicted molar refractivity (Wildman–Crippen MR) is 38.7 cm³/mol. The molecule has 9 heavy (non-hydrogen) atoms. The molecule has 2 heteroatoms. The largest absolute Gasteiger partial charge is 0.306 e. The van der Waals surface area contributed by atoms with Gasteiger partial charge in [0.05, 0.1) is 7.85 Å². The zero-order valence-electron chi connectivity index (χ0n) is 5.93. The summed E-state index contributed by atoms with van der Waals surface area (Å²) in [4.78, 5) is 2.34. The molecule has 1 spiro atoms. The second-order valence-electron chi connectivity index (χ2n) is 3.67. The van der Waals surface area contributed by atoms with Crippen LogP contribution < -0.4 is 0 Å². The Balaban J connectivity index is 2.10. The van der Waals surface area contributed by atoms with Crippen molar-refractivity contribution >= 4 is 7.85 Å². The molecule has 0 N–H and O–H groups in total. The van der Waals surface area contributed by atoms with Gasteiger partial charge in [0.1, 0.15) is 0 Å². The van der Waals surface area contributed by atoms with Crippen LogP contribution in [0, 0.1) is 5.41 Å². The van der Waals surface area contributed by atoms with Gasteiger partial charge in [0.2, 0.25) is 0 Å². The highest BCUT2D eigenvalue weighted by Gasteiger charge is 2.51. The minimum absolute atomic E-state index is 0.475. The third-order valence-corrected chi connectivity index (χ3v) is 2.77. The Morgan fingerprint density at radius 1 is 1.56 bits per heavy atom. The molecule has 48 valence electrons. The zero-order chi connectivity index (χ0) is 6.48. The molecule has 2 radical (unpaired) electrons. The van der Waals surface area contributed by atoms with Crippen LogP contribution in [0.5, 0.6) is 0 Å². The molecule has 0 aromatic carbocycles. The highest BCUT2D eigenvalue weighted by Crippen LogP contribution is 2.57.